The number of imide groups is 1. The number of fused-ring (bicyclic) bond motifs is 3. The number of aryl methyl sites for hydroxylation is 2. The highest BCUT2D eigenvalue weighted by Gasteiger charge is 2.34. The molecule has 1 atom stereocenters. The highest BCUT2D eigenvalue weighted by atomic mass is 16.2. The zero-order chi connectivity index (χ0) is 24.6. The number of rotatable bonds is 7. The molecule has 0 saturated heterocycles. The average molecular weight is 480 g/mol. The Balaban J connectivity index is 1.19. The number of nitrogens with one attached hydrogen (secondary N) is 1. The molecule has 36 heavy (non-hydrogen) atoms. The summed E-state index contributed by atoms with van der Waals surface area (Å²) in [7, 11) is 0. The minimum Gasteiger partial charge on any atom is -0.342 e. The van der Waals surface area contributed by atoms with Crippen LogP contribution in [0.2, 0.25) is 0 Å². The maximum Gasteiger partial charge on any atom is 0.261 e. The number of para-hydroxylation sites is 2. The van der Waals surface area contributed by atoms with E-state index in [4.69, 9.17) is 15.7 Å². The monoisotopic (exact) mass is 479 g/mol. The number of pyridine rings is 1. The van der Waals surface area contributed by atoms with Crippen molar-refractivity contribution in [2.75, 3.05) is 6.54 Å². The number of imidazole rings is 1. The summed E-state index contributed by atoms with van der Waals surface area (Å²) in [6.07, 6.45) is 6.08. The fraction of sp³-hybridized carbons (Fsp3) is 0.310. The van der Waals surface area contributed by atoms with Crippen molar-refractivity contribution in [2.24, 2.45) is 5.73 Å². The first-order chi connectivity index (χ1) is 17.6. The number of nitrogens with two attached hydrogens (primary N) is 1. The molecule has 2 aromatic heterocycles. The summed E-state index contributed by atoms with van der Waals surface area (Å²) < 4.78 is 0. The van der Waals surface area contributed by atoms with Gasteiger partial charge in [-0.3, -0.25) is 19.5 Å². The Morgan fingerprint density at radius 3 is 2.50 bits per heavy atom. The molecular formula is C29H29N5O2. The van der Waals surface area contributed by atoms with Gasteiger partial charge in [0.25, 0.3) is 11.8 Å². The summed E-state index contributed by atoms with van der Waals surface area (Å²) in [4.78, 5) is 40.0. The van der Waals surface area contributed by atoms with Crippen LogP contribution in [0.1, 0.15) is 80.8 Å². The first kappa shape index (κ1) is 22.6. The second-order valence-corrected chi connectivity index (χ2v) is 9.78. The quantitative estimate of drug-likeness (QED) is 0.300. The lowest BCUT2D eigenvalue weighted by Gasteiger charge is -2.23. The van der Waals surface area contributed by atoms with E-state index in [0.29, 0.717) is 24.1 Å². The van der Waals surface area contributed by atoms with Gasteiger partial charge in [-0.15, -0.1) is 0 Å². The Bertz CT molecular complexity index is 1410. The van der Waals surface area contributed by atoms with E-state index in [-0.39, 0.29) is 17.9 Å². The second-order valence-electron chi connectivity index (χ2n) is 9.78. The maximum absolute atomic E-state index is 12.7. The molecule has 0 saturated carbocycles. The highest BCUT2D eigenvalue weighted by Crippen LogP contribution is 2.30. The van der Waals surface area contributed by atoms with Crippen LogP contribution in [-0.4, -0.2) is 38.2 Å². The van der Waals surface area contributed by atoms with E-state index in [0.717, 1.165) is 66.8 Å². The van der Waals surface area contributed by atoms with Crippen molar-refractivity contribution in [1.29, 1.82) is 0 Å². The molecule has 182 valence electrons. The Hall–Kier alpha value is -3.84. The zero-order valence-electron chi connectivity index (χ0n) is 20.2. The molecule has 2 aliphatic rings. The van der Waals surface area contributed by atoms with E-state index < -0.39 is 0 Å². The van der Waals surface area contributed by atoms with Crippen LogP contribution in [0.4, 0.5) is 0 Å². The third-order valence-electron chi connectivity index (χ3n) is 7.35. The Morgan fingerprint density at radius 1 is 0.972 bits per heavy atom. The van der Waals surface area contributed by atoms with Gasteiger partial charge in [-0.05, 0) is 73.9 Å². The third kappa shape index (κ3) is 4.09. The standard InChI is InChI=1S/C29H29N5O2/c30-22-12-7-9-19-16-18(8-5-6-15-34-28(35)20-10-1-2-11-21(20)29(34)36)25(33-27(19)22)17-26-31-23-13-3-4-14-24(23)32-26/h1-4,10-11,13-14,16,22H,5-9,12,15,17,30H2,(H,31,32). The van der Waals surface area contributed by atoms with E-state index in [1.165, 1.54) is 16.0 Å². The van der Waals surface area contributed by atoms with E-state index >= 15 is 0 Å². The van der Waals surface area contributed by atoms with Crippen molar-refractivity contribution in [1.82, 2.24) is 19.9 Å². The van der Waals surface area contributed by atoms with Crippen LogP contribution >= 0.6 is 0 Å². The van der Waals surface area contributed by atoms with Gasteiger partial charge in [0.2, 0.25) is 0 Å². The van der Waals surface area contributed by atoms with Crippen LogP contribution in [-0.2, 0) is 19.3 Å². The third-order valence-corrected chi connectivity index (χ3v) is 7.35. The van der Waals surface area contributed by atoms with Crippen molar-refractivity contribution < 1.29 is 9.59 Å². The molecule has 1 unspecified atom stereocenters. The van der Waals surface area contributed by atoms with Crippen molar-refractivity contribution >= 4 is 22.8 Å². The first-order valence-corrected chi connectivity index (χ1v) is 12.7. The van der Waals surface area contributed by atoms with Gasteiger partial charge in [0.1, 0.15) is 5.82 Å². The second kappa shape index (κ2) is 9.32. The number of unbranched alkanes of at least 4 members (excludes halogenated alkanes) is 1. The van der Waals surface area contributed by atoms with Crippen molar-refractivity contribution in [3.8, 4) is 0 Å². The highest BCUT2D eigenvalue weighted by molar-refractivity contribution is 6.21. The molecule has 1 aliphatic carbocycles. The SMILES string of the molecule is NC1CCCc2cc(CCCCN3C(=O)c4ccccc4C3=O)c(Cc3nc4ccccc4[nH]3)nc21. The number of H-pyrrole nitrogens is 1. The topological polar surface area (TPSA) is 105 Å². The predicted octanol–water partition coefficient (Wildman–Crippen LogP) is 4.50. The summed E-state index contributed by atoms with van der Waals surface area (Å²) in [6.45, 7) is 0.425. The molecule has 0 fully saturated rings. The van der Waals surface area contributed by atoms with Gasteiger partial charge < -0.3 is 10.7 Å². The smallest absolute Gasteiger partial charge is 0.261 e. The number of benzene rings is 2. The molecule has 0 spiro atoms. The molecule has 3 N–H and O–H groups in total. The van der Waals surface area contributed by atoms with E-state index in [1.807, 2.05) is 24.3 Å². The van der Waals surface area contributed by atoms with E-state index in [2.05, 4.69) is 11.1 Å². The normalized spacial score (nSPS) is 17.0. The van der Waals surface area contributed by atoms with Crippen molar-refractivity contribution in [2.45, 2.75) is 51.0 Å². The average Bonchev–Trinajstić information content (AvgIpc) is 3.41. The van der Waals surface area contributed by atoms with Gasteiger partial charge in [0, 0.05) is 19.0 Å². The van der Waals surface area contributed by atoms with Gasteiger partial charge in [0.05, 0.1) is 33.5 Å². The number of aromatic amines is 1. The molecule has 0 radical (unpaired) electrons. The molecule has 7 heteroatoms. The van der Waals surface area contributed by atoms with E-state index in [1.54, 1.807) is 24.3 Å². The minimum absolute atomic E-state index is 0.0222. The summed E-state index contributed by atoms with van der Waals surface area (Å²) in [5.41, 5.74) is 13.9. The summed E-state index contributed by atoms with van der Waals surface area (Å²) >= 11 is 0. The Morgan fingerprint density at radius 2 is 1.72 bits per heavy atom. The lowest BCUT2D eigenvalue weighted by atomic mass is 9.89. The number of nitrogens with zero attached hydrogens (tertiary/aromatic N) is 3. The molecule has 6 rings (SSSR count). The van der Waals surface area contributed by atoms with Crippen molar-refractivity contribution in [3.05, 3.63) is 94.1 Å². The molecule has 7 nitrogen and oxygen atoms in total. The summed E-state index contributed by atoms with van der Waals surface area (Å²) in [5.74, 6) is 0.511. The Labute approximate surface area is 209 Å². The van der Waals surface area contributed by atoms with Crippen LogP contribution in [0, 0.1) is 0 Å². The Kier molecular flexibility index (Phi) is 5.85. The number of carbonyl (C=O) groups excluding carboxylic acids is 2. The molecule has 0 bridgehead atoms. The zero-order valence-corrected chi connectivity index (χ0v) is 20.2. The van der Waals surface area contributed by atoms with Gasteiger partial charge in [0.15, 0.2) is 0 Å². The lowest BCUT2D eigenvalue weighted by Crippen LogP contribution is -2.30. The molecular weight excluding hydrogens is 450 g/mol. The minimum atomic E-state index is -0.189. The predicted molar refractivity (Wildman–Crippen MR) is 138 cm³/mol. The van der Waals surface area contributed by atoms with Gasteiger partial charge in [-0.25, -0.2) is 4.98 Å². The number of carbonyl (C=O) groups is 2. The number of amides is 2. The molecule has 3 heterocycles. The first-order valence-electron chi connectivity index (χ1n) is 12.7. The molecule has 4 aromatic rings. The fourth-order valence-corrected chi connectivity index (χ4v) is 5.47. The van der Waals surface area contributed by atoms with Crippen molar-refractivity contribution in [3.63, 3.8) is 0 Å². The van der Waals surface area contributed by atoms with Crippen LogP contribution in [0.5, 0.6) is 0 Å². The molecule has 2 amide bonds. The van der Waals surface area contributed by atoms with Crippen LogP contribution < -0.4 is 5.73 Å². The molecule has 1 aliphatic heterocycles. The number of aromatic nitrogens is 3. The summed E-state index contributed by atoms with van der Waals surface area (Å²) in [6, 6.07) is 17.3. The maximum atomic E-state index is 12.7. The number of hydrogen-bond donors (Lipinski definition) is 2. The van der Waals surface area contributed by atoms with E-state index in [9.17, 15) is 9.59 Å². The lowest BCUT2D eigenvalue weighted by molar-refractivity contribution is 0.0652. The van der Waals surface area contributed by atoms with Gasteiger partial charge in [-0.1, -0.05) is 30.3 Å². The number of hydrogen-bond acceptors (Lipinski definition) is 5. The van der Waals surface area contributed by atoms with Crippen LogP contribution in [0.25, 0.3) is 11.0 Å². The molecule has 2 aromatic carbocycles. The van der Waals surface area contributed by atoms with Gasteiger partial charge in [-0.2, -0.15) is 0 Å². The van der Waals surface area contributed by atoms with Gasteiger partial charge >= 0.3 is 0 Å². The van der Waals surface area contributed by atoms with Crippen LogP contribution in [0.15, 0.2) is 54.6 Å². The fourth-order valence-electron chi connectivity index (χ4n) is 5.47. The van der Waals surface area contributed by atoms with Crippen LogP contribution in [0.3, 0.4) is 0 Å². The largest absolute Gasteiger partial charge is 0.342 e. The summed E-state index contributed by atoms with van der Waals surface area (Å²) in [5, 5.41) is 0.